The Balaban J connectivity index is 2.36. The van der Waals surface area contributed by atoms with Crippen LogP contribution in [0.4, 0.5) is 5.69 Å². The van der Waals surface area contributed by atoms with Crippen LogP contribution in [0.2, 0.25) is 0 Å². The van der Waals surface area contributed by atoms with Crippen LogP contribution in [0.3, 0.4) is 0 Å². The fourth-order valence-electron chi connectivity index (χ4n) is 1.75. The molecule has 0 aliphatic carbocycles. The number of unbranched alkanes of at least 4 members (excludes halogenated alkanes) is 2. The summed E-state index contributed by atoms with van der Waals surface area (Å²) in [5.74, 6) is -1.27. The van der Waals surface area contributed by atoms with Gasteiger partial charge in [-0.2, -0.15) is 5.26 Å². The number of carboxylic acids is 1. The van der Waals surface area contributed by atoms with Crippen molar-refractivity contribution >= 4 is 17.6 Å². The number of anilines is 1. The lowest BCUT2D eigenvalue weighted by atomic mass is 10.2. The van der Waals surface area contributed by atoms with Gasteiger partial charge >= 0.3 is 5.97 Å². The molecule has 1 aromatic rings. The standard InChI is InChI=1S/C16H19N3O4/c17-10-12(11-18-9-3-1-2-4-15(21)22)16(23)19-13-5-7-14(20)8-6-13/h5-8,11,18,20H,1-4,9H2,(H,19,23)(H,21,22)/b12-11-. The van der Waals surface area contributed by atoms with Crippen LogP contribution in [0.25, 0.3) is 0 Å². The summed E-state index contributed by atoms with van der Waals surface area (Å²) in [5, 5.41) is 32.1. The summed E-state index contributed by atoms with van der Waals surface area (Å²) in [4.78, 5) is 22.2. The van der Waals surface area contributed by atoms with Crippen LogP contribution < -0.4 is 10.6 Å². The highest BCUT2D eigenvalue weighted by molar-refractivity contribution is 6.06. The van der Waals surface area contributed by atoms with Gasteiger partial charge in [0.1, 0.15) is 17.4 Å². The number of aromatic hydroxyl groups is 1. The van der Waals surface area contributed by atoms with Gasteiger partial charge in [-0.3, -0.25) is 9.59 Å². The Labute approximate surface area is 134 Å². The lowest BCUT2D eigenvalue weighted by Crippen LogP contribution is -2.17. The quantitative estimate of drug-likeness (QED) is 0.239. The molecule has 0 atom stereocenters. The van der Waals surface area contributed by atoms with Gasteiger partial charge in [-0.05, 0) is 37.1 Å². The molecule has 0 saturated heterocycles. The Bertz CT molecular complexity index is 603. The van der Waals surface area contributed by atoms with Gasteiger partial charge in [0.15, 0.2) is 0 Å². The number of rotatable bonds is 9. The van der Waals surface area contributed by atoms with Crippen molar-refractivity contribution in [2.24, 2.45) is 0 Å². The number of aliphatic carboxylic acids is 1. The lowest BCUT2D eigenvalue weighted by molar-refractivity contribution is -0.137. The number of carbonyl (C=O) groups excluding carboxylic acids is 1. The highest BCUT2D eigenvalue weighted by atomic mass is 16.4. The van der Waals surface area contributed by atoms with Crippen molar-refractivity contribution in [3.05, 3.63) is 36.0 Å². The largest absolute Gasteiger partial charge is 0.508 e. The number of carboxylic acid groups (broad SMARTS) is 1. The Morgan fingerprint density at radius 2 is 1.87 bits per heavy atom. The highest BCUT2D eigenvalue weighted by Gasteiger charge is 2.08. The molecular formula is C16H19N3O4. The van der Waals surface area contributed by atoms with E-state index in [-0.39, 0.29) is 17.7 Å². The highest BCUT2D eigenvalue weighted by Crippen LogP contribution is 2.14. The second-order valence-corrected chi connectivity index (χ2v) is 4.83. The van der Waals surface area contributed by atoms with Gasteiger partial charge < -0.3 is 20.8 Å². The van der Waals surface area contributed by atoms with E-state index < -0.39 is 11.9 Å². The molecule has 7 nitrogen and oxygen atoms in total. The number of nitrogens with zero attached hydrogens (tertiary/aromatic N) is 1. The van der Waals surface area contributed by atoms with Gasteiger partial charge in [0.2, 0.25) is 0 Å². The van der Waals surface area contributed by atoms with E-state index in [0.717, 1.165) is 12.8 Å². The number of nitriles is 1. The minimum Gasteiger partial charge on any atom is -0.508 e. The first-order valence-electron chi connectivity index (χ1n) is 7.18. The van der Waals surface area contributed by atoms with Crippen LogP contribution in [0, 0.1) is 11.3 Å². The van der Waals surface area contributed by atoms with Crippen LogP contribution in [0.1, 0.15) is 25.7 Å². The summed E-state index contributed by atoms with van der Waals surface area (Å²) in [6.45, 7) is 0.553. The topological polar surface area (TPSA) is 122 Å². The zero-order valence-corrected chi connectivity index (χ0v) is 12.6. The first-order chi connectivity index (χ1) is 11.0. The van der Waals surface area contributed by atoms with Crippen molar-refractivity contribution in [1.29, 1.82) is 5.26 Å². The van der Waals surface area contributed by atoms with Crippen LogP contribution >= 0.6 is 0 Å². The summed E-state index contributed by atoms with van der Waals surface area (Å²) in [7, 11) is 0. The van der Waals surface area contributed by atoms with Crippen LogP contribution in [0.15, 0.2) is 36.0 Å². The normalized spacial score (nSPS) is 10.7. The fourth-order valence-corrected chi connectivity index (χ4v) is 1.75. The number of hydrogen-bond donors (Lipinski definition) is 4. The first kappa shape index (κ1) is 18.0. The van der Waals surface area contributed by atoms with Crippen molar-refractivity contribution < 1.29 is 19.8 Å². The van der Waals surface area contributed by atoms with Crippen molar-refractivity contribution in [3.63, 3.8) is 0 Å². The monoisotopic (exact) mass is 317 g/mol. The van der Waals surface area contributed by atoms with E-state index in [1.807, 2.05) is 6.07 Å². The van der Waals surface area contributed by atoms with Gasteiger partial charge in [0.05, 0.1) is 0 Å². The summed E-state index contributed by atoms with van der Waals surface area (Å²) >= 11 is 0. The van der Waals surface area contributed by atoms with E-state index in [2.05, 4.69) is 10.6 Å². The van der Waals surface area contributed by atoms with Crippen LogP contribution in [-0.2, 0) is 9.59 Å². The summed E-state index contributed by atoms with van der Waals surface area (Å²) in [6.07, 6.45) is 3.60. The van der Waals surface area contributed by atoms with Gasteiger partial charge in [-0.25, -0.2) is 0 Å². The predicted octanol–water partition coefficient (Wildman–Crippen LogP) is 1.97. The number of nitrogens with one attached hydrogen (secondary N) is 2. The maximum absolute atomic E-state index is 11.9. The van der Waals surface area contributed by atoms with E-state index in [1.165, 1.54) is 30.5 Å². The third-order valence-electron chi connectivity index (χ3n) is 2.95. The molecule has 23 heavy (non-hydrogen) atoms. The van der Waals surface area contributed by atoms with Gasteiger partial charge in [-0.1, -0.05) is 6.42 Å². The van der Waals surface area contributed by atoms with E-state index in [4.69, 9.17) is 15.5 Å². The molecule has 122 valence electrons. The van der Waals surface area contributed by atoms with Gasteiger partial charge in [0, 0.05) is 24.9 Å². The number of benzene rings is 1. The molecule has 1 aromatic carbocycles. The van der Waals surface area contributed by atoms with Crippen molar-refractivity contribution in [2.45, 2.75) is 25.7 Å². The molecule has 0 aliphatic heterocycles. The average molecular weight is 317 g/mol. The number of carbonyl (C=O) groups is 2. The van der Waals surface area contributed by atoms with Gasteiger partial charge in [-0.15, -0.1) is 0 Å². The molecule has 0 fully saturated rings. The van der Waals surface area contributed by atoms with Crippen LogP contribution in [0.5, 0.6) is 5.75 Å². The number of amides is 1. The van der Waals surface area contributed by atoms with E-state index in [1.54, 1.807) is 0 Å². The molecule has 0 saturated carbocycles. The third kappa shape index (κ3) is 7.52. The lowest BCUT2D eigenvalue weighted by Gasteiger charge is -2.05. The predicted molar refractivity (Wildman–Crippen MR) is 84.5 cm³/mol. The molecule has 4 N–H and O–H groups in total. The molecule has 0 radical (unpaired) electrons. The van der Waals surface area contributed by atoms with Crippen molar-refractivity contribution in [2.75, 3.05) is 11.9 Å². The molecule has 0 spiro atoms. The van der Waals surface area contributed by atoms with E-state index >= 15 is 0 Å². The van der Waals surface area contributed by atoms with Gasteiger partial charge in [0.25, 0.3) is 5.91 Å². The zero-order chi connectivity index (χ0) is 17.1. The van der Waals surface area contributed by atoms with Crippen molar-refractivity contribution in [3.8, 4) is 11.8 Å². The SMILES string of the molecule is N#C/C(=C/NCCCCCC(=O)O)C(=O)Nc1ccc(O)cc1. The Morgan fingerprint density at radius 1 is 1.17 bits per heavy atom. The summed E-state index contributed by atoms with van der Waals surface area (Å²) < 4.78 is 0. The summed E-state index contributed by atoms with van der Waals surface area (Å²) in [5.41, 5.74) is 0.409. The second-order valence-electron chi connectivity index (χ2n) is 4.83. The maximum Gasteiger partial charge on any atom is 0.303 e. The molecule has 7 heteroatoms. The maximum atomic E-state index is 11.9. The first-order valence-corrected chi connectivity index (χ1v) is 7.18. The Morgan fingerprint density at radius 3 is 2.48 bits per heavy atom. The minimum atomic E-state index is -0.810. The number of phenolic OH excluding ortho intramolecular Hbond substituents is 1. The van der Waals surface area contributed by atoms with E-state index in [0.29, 0.717) is 18.7 Å². The molecule has 1 rings (SSSR count). The smallest absolute Gasteiger partial charge is 0.303 e. The third-order valence-corrected chi connectivity index (χ3v) is 2.95. The van der Waals surface area contributed by atoms with Crippen molar-refractivity contribution in [1.82, 2.24) is 5.32 Å². The fraction of sp³-hybridized carbons (Fsp3) is 0.312. The molecular weight excluding hydrogens is 298 g/mol. The molecule has 0 unspecified atom stereocenters. The molecule has 1 amide bonds. The van der Waals surface area contributed by atoms with E-state index in [9.17, 15) is 9.59 Å². The summed E-state index contributed by atoms with van der Waals surface area (Å²) in [6, 6.07) is 7.72. The number of phenols is 1. The number of hydrogen-bond acceptors (Lipinski definition) is 5. The Hall–Kier alpha value is -3.01. The molecule has 0 aromatic heterocycles. The second kappa shape index (κ2) is 9.84. The molecule has 0 aliphatic rings. The Kier molecular flexibility index (Phi) is 7.72. The minimum absolute atomic E-state index is 0.0661. The molecule has 0 heterocycles. The average Bonchev–Trinajstić information content (AvgIpc) is 2.52. The molecule has 0 bridgehead atoms. The zero-order valence-electron chi connectivity index (χ0n) is 12.6. The van der Waals surface area contributed by atoms with Crippen LogP contribution in [-0.4, -0.2) is 28.6 Å².